The van der Waals surface area contributed by atoms with Gasteiger partial charge in [-0.25, -0.2) is 4.98 Å². The molecule has 1 aliphatic rings. The fourth-order valence-corrected chi connectivity index (χ4v) is 5.95. The molecule has 41 heavy (non-hydrogen) atoms. The number of para-hydroxylation sites is 3. The molecule has 0 spiro atoms. The molecule has 0 amide bonds. The highest BCUT2D eigenvalue weighted by atomic mass is 15.4. The molecule has 3 heteroatoms. The van der Waals surface area contributed by atoms with E-state index in [0.717, 1.165) is 22.9 Å². The summed E-state index contributed by atoms with van der Waals surface area (Å²) in [6, 6.07) is 49.8. The van der Waals surface area contributed by atoms with Crippen molar-refractivity contribution < 1.29 is 0 Å². The van der Waals surface area contributed by atoms with E-state index in [4.69, 9.17) is 4.98 Å². The smallest absolute Gasteiger partial charge is 0.139 e. The van der Waals surface area contributed by atoms with Crippen LogP contribution in [0.1, 0.15) is 22.9 Å². The molecule has 1 aromatic heterocycles. The van der Waals surface area contributed by atoms with Gasteiger partial charge >= 0.3 is 0 Å². The number of aromatic nitrogens is 1. The van der Waals surface area contributed by atoms with E-state index < -0.39 is 0 Å². The Morgan fingerprint density at radius 2 is 1.02 bits per heavy atom. The van der Waals surface area contributed by atoms with Gasteiger partial charge in [-0.1, -0.05) is 109 Å². The van der Waals surface area contributed by atoms with Crippen LogP contribution in [-0.2, 0) is 0 Å². The van der Waals surface area contributed by atoms with Crippen molar-refractivity contribution in [2.24, 2.45) is 0 Å². The van der Waals surface area contributed by atoms with Crippen molar-refractivity contribution in [3.8, 4) is 22.3 Å². The average molecular weight is 530 g/mol. The number of pyridine rings is 1. The van der Waals surface area contributed by atoms with E-state index in [9.17, 15) is 0 Å². The van der Waals surface area contributed by atoms with Crippen molar-refractivity contribution in [1.82, 2.24) is 4.98 Å². The number of anilines is 4. The molecule has 1 atom stereocenters. The molecular formula is C38H31N3. The van der Waals surface area contributed by atoms with Gasteiger partial charge in [-0.05, 0) is 77.6 Å². The summed E-state index contributed by atoms with van der Waals surface area (Å²) in [5.74, 6) is 0.936. The van der Waals surface area contributed by atoms with E-state index in [1.807, 2.05) is 6.20 Å². The van der Waals surface area contributed by atoms with Gasteiger partial charge in [0, 0.05) is 17.4 Å². The molecule has 0 saturated carbocycles. The SMILES string of the molecule is Cc1cnc(N2c3ccccc3N(c3ccccc3)C2c2c(-c3ccccc3)cccc2-c2ccccc2)cc1C. The van der Waals surface area contributed by atoms with E-state index in [0.29, 0.717) is 0 Å². The summed E-state index contributed by atoms with van der Waals surface area (Å²) >= 11 is 0. The number of benzene rings is 5. The first kappa shape index (κ1) is 24.9. The maximum atomic E-state index is 5.03. The summed E-state index contributed by atoms with van der Waals surface area (Å²) in [5, 5.41) is 0. The zero-order valence-electron chi connectivity index (χ0n) is 23.3. The summed E-state index contributed by atoms with van der Waals surface area (Å²) in [6.07, 6.45) is 1.81. The Labute approximate surface area is 242 Å². The quantitative estimate of drug-likeness (QED) is 0.221. The number of nitrogens with zero attached hydrogens (tertiary/aromatic N) is 3. The van der Waals surface area contributed by atoms with Crippen LogP contribution >= 0.6 is 0 Å². The highest BCUT2D eigenvalue weighted by Crippen LogP contribution is 2.55. The van der Waals surface area contributed by atoms with Gasteiger partial charge in [0.1, 0.15) is 12.0 Å². The topological polar surface area (TPSA) is 19.4 Å². The van der Waals surface area contributed by atoms with Crippen LogP contribution in [0.2, 0.25) is 0 Å². The monoisotopic (exact) mass is 529 g/mol. The minimum atomic E-state index is -0.184. The molecule has 3 nitrogen and oxygen atoms in total. The van der Waals surface area contributed by atoms with Gasteiger partial charge in [0.15, 0.2) is 0 Å². The van der Waals surface area contributed by atoms with Crippen molar-refractivity contribution in [2.75, 3.05) is 9.80 Å². The number of fused-ring (bicyclic) bond motifs is 1. The maximum absolute atomic E-state index is 5.03. The summed E-state index contributed by atoms with van der Waals surface area (Å²) in [7, 11) is 0. The van der Waals surface area contributed by atoms with Gasteiger partial charge in [0.25, 0.3) is 0 Å². The first-order valence-electron chi connectivity index (χ1n) is 14.1. The van der Waals surface area contributed by atoms with Crippen molar-refractivity contribution in [3.63, 3.8) is 0 Å². The minimum absolute atomic E-state index is 0.184. The number of hydrogen-bond donors (Lipinski definition) is 0. The Morgan fingerprint density at radius 1 is 0.512 bits per heavy atom. The highest BCUT2D eigenvalue weighted by Gasteiger charge is 2.41. The molecule has 7 rings (SSSR count). The fraction of sp³-hybridized carbons (Fsp3) is 0.0789. The second-order valence-electron chi connectivity index (χ2n) is 10.6. The van der Waals surface area contributed by atoms with Gasteiger partial charge in [0.05, 0.1) is 11.4 Å². The van der Waals surface area contributed by atoms with E-state index >= 15 is 0 Å². The van der Waals surface area contributed by atoms with Gasteiger partial charge in [-0.2, -0.15) is 0 Å². The number of hydrogen-bond acceptors (Lipinski definition) is 3. The lowest BCUT2D eigenvalue weighted by Crippen LogP contribution is -2.31. The standard InChI is InChI=1S/C38H31N3/c1-27-25-36(39-26-28(27)2)41-35-24-13-12-23-34(35)40(31-19-10-5-11-20-31)38(41)37-32(29-15-6-3-7-16-29)21-14-22-33(37)30-17-8-4-9-18-30/h3-26,38H,1-2H3. The predicted octanol–water partition coefficient (Wildman–Crippen LogP) is 10.0. The molecule has 1 aliphatic heterocycles. The Bertz CT molecular complexity index is 1760. The number of rotatable bonds is 5. The van der Waals surface area contributed by atoms with Crippen LogP contribution in [0.3, 0.4) is 0 Å². The molecule has 0 saturated heterocycles. The molecule has 5 aromatic carbocycles. The Morgan fingerprint density at radius 3 is 1.59 bits per heavy atom. The lowest BCUT2D eigenvalue weighted by atomic mass is 9.89. The molecule has 198 valence electrons. The largest absolute Gasteiger partial charge is 0.314 e. The van der Waals surface area contributed by atoms with Crippen molar-refractivity contribution in [1.29, 1.82) is 0 Å². The Kier molecular flexibility index (Phi) is 6.33. The van der Waals surface area contributed by atoms with Crippen LogP contribution in [0.15, 0.2) is 146 Å². The van der Waals surface area contributed by atoms with E-state index in [1.165, 1.54) is 38.9 Å². The van der Waals surface area contributed by atoms with Crippen LogP contribution in [-0.4, -0.2) is 4.98 Å². The third kappa shape index (κ3) is 4.36. The van der Waals surface area contributed by atoms with Crippen molar-refractivity contribution in [3.05, 3.63) is 162 Å². The van der Waals surface area contributed by atoms with Crippen LogP contribution in [0.4, 0.5) is 22.9 Å². The van der Waals surface area contributed by atoms with Gasteiger partial charge < -0.3 is 4.90 Å². The summed E-state index contributed by atoms with van der Waals surface area (Å²) < 4.78 is 0. The second-order valence-corrected chi connectivity index (χ2v) is 10.6. The van der Waals surface area contributed by atoms with Gasteiger partial charge in [-0.3, -0.25) is 4.90 Å². The Hall–Kier alpha value is -5.15. The lowest BCUT2D eigenvalue weighted by Gasteiger charge is -2.36. The van der Waals surface area contributed by atoms with Crippen LogP contribution < -0.4 is 9.80 Å². The maximum Gasteiger partial charge on any atom is 0.139 e. The molecule has 0 N–H and O–H groups in total. The molecule has 2 heterocycles. The van der Waals surface area contributed by atoms with E-state index in [1.54, 1.807) is 0 Å². The van der Waals surface area contributed by atoms with E-state index in [-0.39, 0.29) is 6.17 Å². The fourth-order valence-electron chi connectivity index (χ4n) is 5.95. The van der Waals surface area contributed by atoms with Crippen LogP contribution in [0.25, 0.3) is 22.3 Å². The molecule has 0 fully saturated rings. The van der Waals surface area contributed by atoms with Crippen LogP contribution in [0.5, 0.6) is 0 Å². The number of aryl methyl sites for hydroxylation is 2. The molecule has 0 radical (unpaired) electrons. The summed E-state index contributed by atoms with van der Waals surface area (Å²) in [4.78, 5) is 9.92. The molecule has 1 unspecified atom stereocenters. The van der Waals surface area contributed by atoms with Gasteiger partial charge in [-0.15, -0.1) is 0 Å². The van der Waals surface area contributed by atoms with E-state index in [2.05, 4.69) is 163 Å². The zero-order valence-corrected chi connectivity index (χ0v) is 23.3. The normalized spacial score (nSPS) is 14.2. The van der Waals surface area contributed by atoms with Crippen LogP contribution in [0, 0.1) is 13.8 Å². The van der Waals surface area contributed by atoms with Gasteiger partial charge in [0.2, 0.25) is 0 Å². The molecule has 0 bridgehead atoms. The zero-order chi connectivity index (χ0) is 27.8. The Balaban J connectivity index is 1.59. The highest BCUT2D eigenvalue weighted by molar-refractivity contribution is 5.92. The second kappa shape index (κ2) is 10.4. The predicted molar refractivity (Wildman–Crippen MR) is 171 cm³/mol. The molecule has 6 aromatic rings. The first-order chi connectivity index (χ1) is 20.2. The summed E-state index contributed by atoms with van der Waals surface area (Å²) in [6.45, 7) is 4.29. The molecular weight excluding hydrogens is 498 g/mol. The average Bonchev–Trinajstić information content (AvgIpc) is 3.38. The lowest BCUT2D eigenvalue weighted by molar-refractivity contribution is 0.740. The first-order valence-corrected chi connectivity index (χ1v) is 14.1. The van der Waals surface area contributed by atoms with Crippen molar-refractivity contribution >= 4 is 22.9 Å². The van der Waals surface area contributed by atoms with Crippen molar-refractivity contribution in [2.45, 2.75) is 20.0 Å². The third-order valence-corrected chi connectivity index (χ3v) is 8.06. The molecule has 0 aliphatic carbocycles. The summed E-state index contributed by atoms with van der Waals surface area (Å²) in [5.41, 5.74) is 11.9. The third-order valence-electron chi connectivity index (χ3n) is 8.06. The minimum Gasteiger partial charge on any atom is -0.314 e.